The van der Waals surface area contributed by atoms with Gasteiger partial charge in [-0.05, 0) is 30.3 Å². The number of rotatable bonds is 5. The third-order valence-electron chi connectivity index (χ3n) is 3.93. The van der Waals surface area contributed by atoms with Gasteiger partial charge in [0.15, 0.2) is 0 Å². The van der Waals surface area contributed by atoms with Crippen molar-refractivity contribution in [3.63, 3.8) is 0 Å². The van der Waals surface area contributed by atoms with Crippen molar-refractivity contribution in [3.05, 3.63) is 63.7 Å². The zero-order chi connectivity index (χ0) is 18.9. The van der Waals surface area contributed by atoms with E-state index in [0.29, 0.717) is 22.5 Å². The van der Waals surface area contributed by atoms with Crippen molar-refractivity contribution in [2.75, 3.05) is 7.11 Å². The molecule has 0 bridgehead atoms. The topological polar surface area (TPSA) is 90.3 Å². The quantitative estimate of drug-likeness (QED) is 0.716. The molecule has 0 saturated heterocycles. The molecule has 3 aromatic rings. The van der Waals surface area contributed by atoms with Gasteiger partial charge in [0.1, 0.15) is 11.6 Å². The normalized spacial score (nSPS) is 11.7. The second-order valence-corrected chi connectivity index (χ2v) is 7.70. The Morgan fingerprint density at radius 3 is 2.65 bits per heavy atom. The first kappa shape index (κ1) is 18.4. The molecule has 0 saturated carbocycles. The summed E-state index contributed by atoms with van der Waals surface area (Å²) in [6.45, 7) is -0.136. The van der Waals surface area contributed by atoms with Gasteiger partial charge in [-0.3, -0.25) is 9.36 Å². The van der Waals surface area contributed by atoms with Crippen molar-refractivity contribution in [2.45, 2.75) is 11.4 Å². The zero-order valence-corrected chi connectivity index (χ0v) is 15.6. The Balaban J connectivity index is 1.91. The number of fused-ring (bicyclic) bond motifs is 1. The Hall–Kier alpha value is -2.42. The van der Waals surface area contributed by atoms with Gasteiger partial charge in [-0.25, -0.2) is 18.1 Å². The summed E-state index contributed by atoms with van der Waals surface area (Å²) in [4.78, 5) is 16.7. The van der Waals surface area contributed by atoms with Crippen LogP contribution in [0.25, 0.3) is 10.9 Å². The fourth-order valence-corrected chi connectivity index (χ4v) is 3.81. The molecule has 2 aromatic carbocycles. The van der Waals surface area contributed by atoms with Gasteiger partial charge in [-0.15, -0.1) is 0 Å². The summed E-state index contributed by atoms with van der Waals surface area (Å²) >= 11 is 5.99. The van der Waals surface area contributed by atoms with Gasteiger partial charge in [0, 0.05) is 7.05 Å². The lowest BCUT2D eigenvalue weighted by Crippen LogP contribution is -2.29. The molecule has 0 aliphatic rings. The summed E-state index contributed by atoms with van der Waals surface area (Å²) in [5.74, 6) is 0.682. The summed E-state index contributed by atoms with van der Waals surface area (Å²) in [5.41, 5.74) is 0.273. The van der Waals surface area contributed by atoms with E-state index in [2.05, 4.69) is 9.71 Å². The molecule has 1 N–H and O–H groups in total. The first-order valence-corrected chi connectivity index (χ1v) is 9.47. The standard InChI is InChI=1S/C17H16ClN3O4S/c1-21-16(20-14-6-4-3-5-12(14)17(21)22)10-19-26(23,24)11-7-8-15(25-2)13(18)9-11/h3-9,19H,10H2,1-2H3. The number of nitrogens with zero attached hydrogens (tertiary/aromatic N) is 2. The van der Waals surface area contributed by atoms with E-state index in [1.165, 1.54) is 29.9 Å². The van der Waals surface area contributed by atoms with Crippen LogP contribution in [-0.4, -0.2) is 25.1 Å². The van der Waals surface area contributed by atoms with Crippen LogP contribution in [0.2, 0.25) is 5.02 Å². The van der Waals surface area contributed by atoms with Crippen LogP contribution in [0.5, 0.6) is 5.75 Å². The molecule has 0 aliphatic heterocycles. The molecule has 0 radical (unpaired) electrons. The van der Waals surface area contributed by atoms with E-state index in [-0.39, 0.29) is 22.0 Å². The average molecular weight is 394 g/mol. The number of benzene rings is 2. The highest BCUT2D eigenvalue weighted by molar-refractivity contribution is 7.89. The number of hydrogen-bond donors (Lipinski definition) is 1. The van der Waals surface area contributed by atoms with Gasteiger partial charge in [0.05, 0.1) is 34.5 Å². The maximum absolute atomic E-state index is 12.5. The van der Waals surface area contributed by atoms with Crippen LogP contribution in [0.4, 0.5) is 0 Å². The Bertz CT molecular complexity index is 1140. The first-order chi connectivity index (χ1) is 12.3. The molecule has 0 spiro atoms. The lowest BCUT2D eigenvalue weighted by molar-refractivity contribution is 0.414. The lowest BCUT2D eigenvalue weighted by Gasteiger charge is -2.11. The van der Waals surface area contributed by atoms with E-state index in [4.69, 9.17) is 16.3 Å². The van der Waals surface area contributed by atoms with Gasteiger partial charge in [0.25, 0.3) is 5.56 Å². The molecule has 3 rings (SSSR count). The highest BCUT2D eigenvalue weighted by Gasteiger charge is 2.17. The maximum Gasteiger partial charge on any atom is 0.261 e. The average Bonchev–Trinajstić information content (AvgIpc) is 2.63. The second-order valence-electron chi connectivity index (χ2n) is 5.53. The van der Waals surface area contributed by atoms with Crippen LogP contribution < -0.4 is 15.0 Å². The number of methoxy groups -OCH3 is 1. The SMILES string of the molecule is COc1ccc(S(=O)(=O)NCc2nc3ccccc3c(=O)n2C)cc1Cl. The smallest absolute Gasteiger partial charge is 0.261 e. The lowest BCUT2D eigenvalue weighted by atomic mass is 10.2. The van der Waals surface area contributed by atoms with Crippen LogP contribution in [-0.2, 0) is 23.6 Å². The Morgan fingerprint density at radius 1 is 1.23 bits per heavy atom. The fourth-order valence-electron chi connectivity index (χ4n) is 2.48. The molecule has 136 valence electrons. The van der Waals surface area contributed by atoms with Crippen LogP contribution in [0.1, 0.15) is 5.82 Å². The number of aromatic nitrogens is 2. The highest BCUT2D eigenvalue weighted by atomic mass is 35.5. The number of halogens is 1. The molecule has 0 aliphatic carbocycles. The molecule has 0 atom stereocenters. The van der Waals surface area contributed by atoms with Crippen molar-refractivity contribution < 1.29 is 13.2 Å². The minimum atomic E-state index is -3.83. The molecular weight excluding hydrogens is 378 g/mol. The maximum atomic E-state index is 12.5. The molecule has 0 amide bonds. The highest BCUT2D eigenvalue weighted by Crippen LogP contribution is 2.26. The number of sulfonamides is 1. The largest absolute Gasteiger partial charge is 0.495 e. The van der Waals surface area contributed by atoms with E-state index in [1.807, 2.05) is 0 Å². The molecular formula is C17H16ClN3O4S. The van der Waals surface area contributed by atoms with E-state index in [1.54, 1.807) is 31.3 Å². The summed E-state index contributed by atoms with van der Waals surface area (Å²) in [6, 6.07) is 11.1. The van der Waals surface area contributed by atoms with Gasteiger partial charge in [-0.2, -0.15) is 0 Å². The fraction of sp³-hybridized carbons (Fsp3) is 0.176. The molecule has 26 heavy (non-hydrogen) atoms. The molecule has 7 nitrogen and oxygen atoms in total. The monoisotopic (exact) mass is 393 g/mol. The van der Waals surface area contributed by atoms with Crippen LogP contribution in [0.15, 0.2) is 52.2 Å². The van der Waals surface area contributed by atoms with Crippen LogP contribution >= 0.6 is 11.6 Å². The van der Waals surface area contributed by atoms with Gasteiger partial charge < -0.3 is 4.74 Å². The Kier molecular flexibility index (Phi) is 4.99. The first-order valence-electron chi connectivity index (χ1n) is 7.61. The molecule has 0 unspecified atom stereocenters. The third-order valence-corrected chi connectivity index (χ3v) is 5.62. The Morgan fingerprint density at radius 2 is 1.96 bits per heavy atom. The minimum Gasteiger partial charge on any atom is -0.495 e. The number of nitrogens with one attached hydrogen (secondary N) is 1. The van der Waals surface area contributed by atoms with Crippen LogP contribution in [0, 0.1) is 0 Å². The second kappa shape index (κ2) is 7.06. The van der Waals surface area contributed by atoms with Crippen molar-refractivity contribution in [2.24, 2.45) is 7.05 Å². The zero-order valence-electron chi connectivity index (χ0n) is 14.1. The van der Waals surface area contributed by atoms with E-state index in [0.717, 1.165) is 0 Å². The summed E-state index contributed by atoms with van der Waals surface area (Å²) in [5, 5.41) is 0.662. The van der Waals surface area contributed by atoms with Crippen molar-refractivity contribution in [3.8, 4) is 5.75 Å². The molecule has 1 heterocycles. The summed E-state index contributed by atoms with van der Waals surface area (Å²) in [6.07, 6.45) is 0. The van der Waals surface area contributed by atoms with E-state index in [9.17, 15) is 13.2 Å². The minimum absolute atomic E-state index is 0.00547. The van der Waals surface area contributed by atoms with Gasteiger partial charge in [-0.1, -0.05) is 23.7 Å². The molecule has 9 heteroatoms. The van der Waals surface area contributed by atoms with E-state index >= 15 is 0 Å². The molecule has 0 fully saturated rings. The predicted octanol–water partition coefficient (Wildman–Crippen LogP) is 2.07. The summed E-state index contributed by atoms with van der Waals surface area (Å²) < 4.78 is 33.8. The molecule has 1 aromatic heterocycles. The number of para-hydroxylation sites is 1. The predicted molar refractivity (Wildman–Crippen MR) is 99.0 cm³/mol. The Labute approximate surface area is 155 Å². The van der Waals surface area contributed by atoms with Crippen LogP contribution in [0.3, 0.4) is 0 Å². The number of ether oxygens (including phenoxy) is 1. The van der Waals surface area contributed by atoms with E-state index < -0.39 is 10.0 Å². The van der Waals surface area contributed by atoms with Gasteiger partial charge >= 0.3 is 0 Å². The van der Waals surface area contributed by atoms with Crippen molar-refractivity contribution in [1.29, 1.82) is 0 Å². The summed E-state index contributed by atoms with van der Waals surface area (Å²) in [7, 11) is -0.839. The van der Waals surface area contributed by atoms with Gasteiger partial charge in [0.2, 0.25) is 10.0 Å². The third kappa shape index (κ3) is 3.44. The number of hydrogen-bond acceptors (Lipinski definition) is 5. The van der Waals surface area contributed by atoms with Crippen molar-refractivity contribution in [1.82, 2.24) is 14.3 Å². The van der Waals surface area contributed by atoms with Crippen molar-refractivity contribution >= 4 is 32.5 Å².